The van der Waals surface area contributed by atoms with E-state index in [-0.39, 0.29) is 5.82 Å². The molecular weight excluding hydrogens is 298 g/mol. The number of methoxy groups -OCH3 is 1. The topological polar surface area (TPSA) is 71.9 Å². The van der Waals surface area contributed by atoms with Crippen LogP contribution in [0.3, 0.4) is 0 Å². The molecule has 4 heteroatoms. The smallest absolute Gasteiger partial charge is 0.142 e. The minimum Gasteiger partial charge on any atom is -0.497 e. The largest absolute Gasteiger partial charge is 0.497 e. The Morgan fingerprint density at radius 1 is 0.958 bits per heavy atom. The Labute approximate surface area is 141 Å². The number of anilines is 1. The van der Waals surface area contributed by atoms with Crippen molar-refractivity contribution in [1.82, 2.24) is 4.98 Å². The lowest BCUT2D eigenvalue weighted by Gasteiger charge is -2.16. The number of hydrogen-bond donors (Lipinski definition) is 1. The van der Waals surface area contributed by atoms with Gasteiger partial charge in [0.25, 0.3) is 0 Å². The molecule has 0 unspecified atom stereocenters. The number of rotatable bonds is 3. The Morgan fingerprint density at radius 2 is 1.58 bits per heavy atom. The molecular formula is C20H17N3O. The number of hydrogen-bond acceptors (Lipinski definition) is 4. The molecule has 0 atom stereocenters. The summed E-state index contributed by atoms with van der Waals surface area (Å²) in [7, 11) is 1.62. The first kappa shape index (κ1) is 15.6. The summed E-state index contributed by atoms with van der Waals surface area (Å²) in [5, 5.41) is 9.63. The van der Waals surface area contributed by atoms with Crippen molar-refractivity contribution in [3.8, 4) is 34.1 Å². The van der Waals surface area contributed by atoms with Gasteiger partial charge in [-0.1, -0.05) is 42.5 Å². The minimum atomic E-state index is 0.250. The number of aryl methyl sites for hydroxylation is 1. The molecule has 2 N–H and O–H groups in total. The van der Waals surface area contributed by atoms with E-state index in [0.29, 0.717) is 5.56 Å². The van der Waals surface area contributed by atoms with Crippen LogP contribution in [0.15, 0.2) is 54.6 Å². The van der Waals surface area contributed by atoms with Crippen molar-refractivity contribution in [3.05, 3.63) is 65.9 Å². The van der Waals surface area contributed by atoms with Gasteiger partial charge >= 0.3 is 0 Å². The molecule has 0 radical (unpaired) electrons. The third-order valence-corrected chi connectivity index (χ3v) is 3.96. The lowest BCUT2D eigenvalue weighted by molar-refractivity contribution is 0.415. The van der Waals surface area contributed by atoms with Crippen LogP contribution in [0.4, 0.5) is 5.82 Å². The quantitative estimate of drug-likeness (QED) is 0.786. The first-order valence-corrected chi connectivity index (χ1v) is 7.55. The first-order chi connectivity index (χ1) is 11.7. The fourth-order valence-corrected chi connectivity index (χ4v) is 2.84. The van der Waals surface area contributed by atoms with Crippen LogP contribution >= 0.6 is 0 Å². The van der Waals surface area contributed by atoms with Gasteiger partial charge in [0.1, 0.15) is 23.2 Å². The zero-order chi connectivity index (χ0) is 17.1. The molecule has 0 aliphatic carbocycles. The Hall–Kier alpha value is -3.32. The van der Waals surface area contributed by atoms with E-state index in [1.54, 1.807) is 7.11 Å². The van der Waals surface area contributed by atoms with Gasteiger partial charge in [0.05, 0.1) is 7.11 Å². The average Bonchev–Trinajstić information content (AvgIpc) is 2.62. The van der Waals surface area contributed by atoms with Crippen LogP contribution < -0.4 is 10.5 Å². The first-order valence-electron chi connectivity index (χ1n) is 7.55. The van der Waals surface area contributed by atoms with Gasteiger partial charge in [0, 0.05) is 16.8 Å². The number of nitrogen functional groups attached to an aromatic ring is 1. The van der Waals surface area contributed by atoms with Crippen molar-refractivity contribution < 1.29 is 4.74 Å². The lowest BCUT2D eigenvalue weighted by Crippen LogP contribution is -2.03. The Balaban J connectivity index is 2.35. The maximum Gasteiger partial charge on any atom is 0.142 e. The van der Waals surface area contributed by atoms with Crippen molar-refractivity contribution in [3.63, 3.8) is 0 Å². The second kappa shape index (κ2) is 6.43. The van der Waals surface area contributed by atoms with Gasteiger partial charge in [0.2, 0.25) is 0 Å². The van der Waals surface area contributed by atoms with E-state index in [0.717, 1.165) is 33.7 Å². The zero-order valence-corrected chi connectivity index (χ0v) is 13.6. The summed E-state index contributed by atoms with van der Waals surface area (Å²) >= 11 is 0. The number of nitrogens with two attached hydrogens (primary N) is 1. The SMILES string of the molecule is COc1ccc(-c2c(C#N)c(N)nc(C)c2-c2ccccc2)cc1. The number of nitrogens with zero attached hydrogens (tertiary/aromatic N) is 2. The van der Waals surface area contributed by atoms with Crippen molar-refractivity contribution in [2.75, 3.05) is 12.8 Å². The summed E-state index contributed by atoms with van der Waals surface area (Å²) in [5.74, 6) is 1.01. The van der Waals surface area contributed by atoms with Gasteiger partial charge in [-0.05, 0) is 30.2 Å². The molecule has 0 aliphatic rings. The van der Waals surface area contributed by atoms with Crippen LogP contribution in [0.25, 0.3) is 22.3 Å². The second-order valence-corrected chi connectivity index (χ2v) is 5.41. The van der Waals surface area contributed by atoms with Gasteiger partial charge in [-0.25, -0.2) is 4.98 Å². The molecule has 0 aliphatic heterocycles. The highest BCUT2D eigenvalue weighted by Gasteiger charge is 2.19. The van der Waals surface area contributed by atoms with Gasteiger partial charge in [-0.2, -0.15) is 5.26 Å². The summed E-state index contributed by atoms with van der Waals surface area (Å²) in [6, 6.07) is 19.7. The highest BCUT2D eigenvalue weighted by Crippen LogP contribution is 2.38. The van der Waals surface area contributed by atoms with Crippen molar-refractivity contribution in [2.24, 2.45) is 0 Å². The van der Waals surface area contributed by atoms with Crippen LogP contribution in [0.2, 0.25) is 0 Å². The average molecular weight is 315 g/mol. The zero-order valence-electron chi connectivity index (χ0n) is 13.6. The number of aromatic nitrogens is 1. The molecule has 24 heavy (non-hydrogen) atoms. The predicted octanol–water partition coefficient (Wildman–Crippen LogP) is 4.19. The van der Waals surface area contributed by atoms with Crippen LogP contribution in [-0.4, -0.2) is 12.1 Å². The number of ether oxygens (including phenoxy) is 1. The highest BCUT2D eigenvalue weighted by molar-refractivity contribution is 5.91. The minimum absolute atomic E-state index is 0.250. The van der Waals surface area contributed by atoms with Crippen molar-refractivity contribution >= 4 is 5.82 Å². The third kappa shape index (κ3) is 2.68. The molecule has 0 saturated carbocycles. The second-order valence-electron chi connectivity index (χ2n) is 5.41. The molecule has 1 aromatic heterocycles. The number of pyridine rings is 1. The van der Waals surface area contributed by atoms with Crippen LogP contribution in [0.1, 0.15) is 11.3 Å². The molecule has 118 valence electrons. The number of benzene rings is 2. The fraction of sp³-hybridized carbons (Fsp3) is 0.100. The third-order valence-electron chi connectivity index (χ3n) is 3.96. The Morgan fingerprint density at radius 3 is 2.17 bits per heavy atom. The molecule has 2 aromatic carbocycles. The Bertz CT molecular complexity index is 910. The van der Waals surface area contributed by atoms with E-state index in [1.165, 1.54) is 0 Å². The molecule has 3 aromatic rings. The summed E-state index contributed by atoms with van der Waals surface area (Å²) in [6.07, 6.45) is 0. The molecule has 1 heterocycles. The van der Waals surface area contributed by atoms with Gasteiger partial charge in [-0.3, -0.25) is 0 Å². The molecule has 0 bridgehead atoms. The standard InChI is InChI=1S/C20H17N3O/c1-13-18(14-6-4-3-5-7-14)19(17(12-21)20(22)23-13)15-8-10-16(24-2)11-9-15/h3-11H,1-2H3,(H2,22,23). The summed E-state index contributed by atoms with van der Waals surface area (Å²) in [6.45, 7) is 1.91. The molecule has 0 saturated heterocycles. The van der Waals surface area contributed by atoms with Gasteiger partial charge in [0.15, 0.2) is 0 Å². The van der Waals surface area contributed by atoms with Gasteiger partial charge < -0.3 is 10.5 Å². The summed E-state index contributed by atoms with van der Waals surface area (Å²) < 4.78 is 5.22. The fourth-order valence-electron chi connectivity index (χ4n) is 2.84. The molecule has 0 amide bonds. The van der Waals surface area contributed by atoms with Crippen molar-refractivity contribution in [2.45, 2.75) is 6.92 Å². The molecule has 3 rings (SSSR count). The van der Waals surface area contributed by atoms with Crippen LogP contribution in [0.5, 0.6) is 5.75 Å². The van der Waals surface area contributed by atoms with Crippen LogP contribution in [-0.2, 0) is 0 Å². The van der Waals surface area contributed by atoms with E-state index < -0.39 is 0 Å². The molecule has 0 fully saturated rings. The van der Waals surface area contributed by atoms with Gasteiger partial charge in [-0.15, -0.1) is 0 Å². The summed E-state index contributed by atoms with van der Waals surface area (Å²) in [4.78, 5) is 4.37. The number of nitriles is 1. The molecule has 4 nitrogen and oxygen atoms in total. The maximum atomic E-state index is 9.63. The predicted molar refractivity (Wildman–Crippen MR) is 95.5 cm³/mol. The monoisotopic (exact) mass is 315 g/mol. The van der Waals surface area contributed by atoms with E-state index in [1.807, 2.05) is 61.5 Å². The highest BCUT2D eigenvalue weighted by atomic mass is 16.5. The van der Waals surface area contributed by atoms with Crippen molar-refractivity contribution in [1.29, 1.82) is 5.26 Å². The molecule has 0 spiro atoms. The maximum absolute atomic E-state index is 9.63. The lowest BCUT2D eigenvalue weighted by atomic mass is 9.90. The van der Waals surface area contributed by atoms with Crippen LogP contribution in [0, 0.1) is 18.3 Å². The van der Waals surface area contributed by atoms with E-state index in [2.05, 4.69) is 11.1 Å². The van der Waals surface area contributed by atoms with E-state index in [9.17, 15) is 5.26 Å². The summed E-state index contributed by atoms with van der Waals surface area (Å²) in [5.41, 5.74) is 10.8. The normalized spacial score (nSPS) is 10.2. The Kier molecular flexibility index (Phi) is 4.17. The van der Waals surface area contributed by atoms with E-state index >= 15 is 0 Å². The van der Waals surface area contributed by atoms with E-state index in [4.69, 9.17) is 10.5 Å².